The van der Waals surface area contributed by atoms with Crippen LogP contribution < -0.4 is 0 Å². The molecule has 2 rings (SSSR count). The fraction of sp³-hybridized carbons (Fsp3) is 0.588. The lowest BCUT2D eigenvalue weighted by atomic mass is 10.0. The number of nitrogens with zero attached hydrogens (tertiary/aromatic N) is 1. The van der Waals surface area contributed by atoms with Gasteiger partial charge >= 0.3 is 0 Å². The van der Waals surface area contributed by atoms with Crippen molar-refractivity contribution >= 4 is 5.78 Å². The molecule has 0 aromatic heterocycles. The van der Waals surface area contributed by atoms with E-state index in [0.29, 0.717) is 12.5 Å². The van der Waals surface area contributed by atoms with Gasteiger partial charge in [-0.1, -0.05) is 17.2 Å². The van der Waals surface area contributed by atoms with Gasteiger partial charge in [0.2, 0.25) is 0 Å². The Hall–Kier alpha value is -1.19. The summed E-state index contributed by atoms with van der Waals surface area (Å²) in [6.45, 7) is 7.03. The molecule has 1 fully saturated rings. The minimum atomic E-state index is 0.255. The Balaban J connectivity index is 1.83. The number of ether oxygens (including phenoxy) is 1. The maximum Gasteiger partial charge on any atom is 0.164 e. The van der Waals surface area contributed by atoms with Crippen LogP contribution in [0.15, 0.2) is 18.2 Å². The Morgan fingerprint density at radius 2 is 1.80 bits per heavy atom. The number of hydrogen-bond acceptors (Lipinski definition) is 3. The van der Waals surface area contributed by atoms with Gasteiger partial charge in [-0.2, -0.15) is 0 Å². The topological polar surface area (TPSA) is 29.5 Å². The van der Waals surface area contributed by atoms with Crippen LogP contribution in [0, 0.1) is 13.8 Å². The zero-order chi connectivity index (χ0) is 14.5. The van der Waals surface area contributed by atoms with Crippen LogP contribution in [0.1, 0.15) is 40.7 Å². The molecular formula is C17H25NO2. The van der Waals surface area contributed by atoms with E-state index < -0.39 is 0 Å². The molecule has 0 spiro atoms. The van der Waals surface area contributed by atoms with Gasteiger partial charge in [0.15, 0.2) is 5.78 Å². The number of carbonyl (C=O) groups excluding carboxylic acids is 1. The van der Waals surface area contributed by atoms with E-state index in [2.05, 4.69) is 11.0 Å². The second kappa shape index (κ2) is 7.00. The van der Waals surface area contributed by atoms with Gasteiger partial charge in [-0.25, -0.2) is 0 Å². The van der Waals surface area contributed by atoms with Crippen molar-refractivity contribution < 1.29 is 9.53 Å². The molecule has 0 radical (unpaired) electrons. The Labute approximate surface area is 121 Å². The SMILES string of the molecule is COC1CCN(CCC(=O)c2cc(C)cc(C)c2)CC1. The first-order valence-corrected chi connectivity index (χ1v) is 7.45. The predicted octanol–water partition coefficient (Wildman–Crippen LogP) is 2.99. The number of carbonyl (C=O) groups is 1. The number of piperidine rings is 1. The first-order valence-electron chi connectivity index (χ1n) is 7.45. The number of benzene rings is 1. The fourth-order valence-electron chi connectivity index (χ4n) is 2.91. The molecule has 110 valence electrons. The van der Waals surface area contributed by atoms with Gasteiger partial charge in [0.25, 0.3) is 0 Å². The Morgan fingerprint density at radius 1 is 1.20 bits per heavy atom. The van der Waals surface area contributed by atoms with Crippen molar-refractivity contribution in [3.05, 3.63) is 34.9 Å². The normalized spacial score (nSPS) is 17.4. The number of hydrogen-bond donors (Lipinski definition) is 0. The molecule has 3 heteroatoms. The van der Waals surface area contributed by atoms with Crippen molar-refractivity contribution in [2.24, 2.45) is 0 Å². The molecule has 1 saturated heterocycles. The first kappa shape index (κ1) is 15.2. The van der Waals surface area contributed by atoms with Crippen LogP contribution in [0.25, 0.3) is 0 Å². The highest BCUT2D eigenvalue weighted by molar-refractivity contribution is 5.96. The van der Waals surface area contributed by atoms with Crippen molar-refractivity contribution in [1.29, 1.82) is 0 Å². The van der Waals surface area contributed by atoms with Crippen molar-refractivity contribution in [2.75, 3.05) is 26.7 Å². The highest BCUT2D eigenvalue weighted by Gasteiger charge is 2.19. The molecule has 3 nitrogen and oxygen atoms in total. The van der Waals surface area contributed by atoms with Crippen LogP contribution >= 0.6 is 0 Å². The van der Waals surface area contributed by atoms with Crippen LogP contribution in [-0.4, -0.2) is 43.5 Å². The summed E-state index contributed by atoms with van der Waals surface area (Å²) in [6.07, 6.45) is 3.17. The van der Waals surface area contributed by atoms with Gasteiger partial charge in [-0.05, 0) is 38.8 Å². The van der Waals surface area contributed by atoms with E-state index in [-0.39, 0.29) is 5.78 Å². The van der Waals surface area contributed by atoms with Gasteiger partial charge < -0.3 is 9.64 Å². The molecule has 1 aliphatic heterocycles. The van der Waals surface area contributed by atoms with Crippen molar-refractivity contribution in [2.45, 2.75) is 39.2 Å². The molecule has 1 heterocycles. The third kappa shape index (κ3) is 4.15. The standard InChI is InChI=1S/C17H25NO2/c1-13-10-14(2)12-15(11-13)17(19)6-9-18-7-4-16(20-3)5-8-18/h10-12,16H,4-9H2,1-3H3. The van der Waals surface area contributed by atoms with Crippen LogP contribution in [-0.2, 0) is 4.74 Å². The second-order valence-electron chi connectivity index (χ2n) is 5.83. The number of methoxy groups -OCH3 is 1. The minimum Gasteiger partial charge on any atom is -0.381 e. The molecule has 20 heavy (non-hydrogen) atoms. The lowest BCUT2D eigenvalue weighted by Crippen LogP contribution is -2.37. The molecule has 0 saturated carbocycles. The smallest absolute Gasteiger partial charge is 0.164 e. The average Bonchev–Trinajstić information content (AvgIpc) is 2.44. The lowest BCUT2D eigenvalue weighted by molar-refractivity contribution is 0.0406. The molecule has 1 aliphatic rings. The van der Waals surface area contributed by atoms with Gasteiger partial charge in [0.1, 0.15) is 0 Å². The molecule has 1 aromatic carbocycles. The van der Waals surface area contributed by atoms with Crippen LogP contribution in [0.5, 0.6) is 0 Å². The van der Waals surface area contributed by atoms with Crippen LogP contribution in [0.2, 0.25) is 0 Å². The van der Waals surface area contributed by atoms with Crippen molar-refractivity contribution in [3.63, 3.8) is 0 Å². The Bertz CT molecular complexity index is 442. The highest BCUT2D eigenvalue weighted by atomic mass is 16.5. The molecule has 0 amide bonds. The molecule has 0 unspecified atom stereocenters. The van der Waals surface area contributed by atoms with Gasteiger partial charge in [0, 0.05) is 38.7 Å². The maximum absolute atomic E-state index is 12.3. The number of Topliss-reactive ketones (excluding diaryl/α,β-unsaturated/α-hetero) is 1. The molecule has 0 N–H and O–H groups in total. The zero-order valence-electron chi connectivity index (χ0n) is 12.8. The van der Waals surface area contributed by atoms with E-state index in [4.69, 9.17) is 4.74 Å². The van der Waals surface area contributed by atoms with E-state index in [1.54, 1.807) is 7.11 Å². The highest BCUT2D eigenvalue weighted by Crippen LogP contribution is 2.15. The van der Waals surface area contributed by atoms with E-state index >= 15 is 0 Å². The quantitative estimate of drug-likeness (QED) is 0.774. The monoisotopic (exact) mass is 275 g/mol. The minimum absolute atomic E-state index is 0.255. The Morgan fingerprint density at radius 3 is 2.35 bits per heavy atom. The summed E-state index contributed by atoms with van der Waals surface area (Å²) in [5.74, 6) is 0.255. The number of ketones is 1. The summed E-state index contributed by atoms with van der Waals surface area (Å²) in [5.41, 5.74) is 3.18. The largest absolute Gasteiger partial charge is 0.381 e. The van der Waals surface area contributed by atoms with Gasteiger partial charge in [-0.15, -0.1) is 0 Å². The molecule has 0 aliphatic carbocycles. The number of rotatable bonds is 5. The predicted molar refractivity (Wildman–Crippen MR) is 81.3 cm³/mol. The zero-order valence-corrected chi connectivity index (χ0v) is 12.8. The summed E-state index contributed by atoms with van der Waals surface area (Å²) in [7, 11) is 1.78. The number of likely N-dealkylation sites (tertiary alicyclic amines) is 1. The lowest BCUT2D eigenvalue weighted by Gasteiger charge is -2.30. The van der Waals surface area contributed by atoms with E-state index in [0.717, 1.165) is 49.2 Å². The van der Waals surface area contributed by atoms with Gasteiger partial charge in [-0.3, -0.25) is 4.79 Å². The molecule has 1 aromatic rings. The summed E-state index contributed by atoms with van der Waals surface area (Å²) >= 11 is 0. The molecule has 0 bridgehead atoms. The van der Waals surface area contributed by atoms with E-state index in [9.17, 15) is 4.79 Å². The summed E-state index contributed by atoms with van der Waals surface area (Å²) in [5, 5.41) is 0. The summed E-state index contributed by atoms with van der Waals surface area (Å²) < 4.78 is 5.37. The first-order chi connectivity index (χ1) is 9.58. The summed E-state index contributed by atoms with van der Waals surface area (Å²) in [4.78, 5) is 14.6. The summed E-state index contributed by atoms with van der Waals surface area (Å²) in [6, 6.07) is 6.09. The van der Waals surface area contributed by atoms with Crippen molar-refractivity contribution in [1.82, 2.24) is 4.90 Å². The third-order valence-corrected chi connectivity index (χ3v) is 4.07. The fourth-order valence-corrected chi connectivity index (χ4v) is 2.91. The average molecular weight is 275 g/mol. The third-order valence-electron chi connectivity index (χ3n) is 4.07. The van der Waals surface area contributed by atoms with E-state index in [1.165, 1.54) is 0 Å². The number of aryl methyl sites for hydroxylation is 2. The van der Waals surface area contributed by atoms with Crippen LogP contribution in [0.3, 0.4) is 0 Å². The molecular weight excluding hydrogens is 250 g/mol. The van der Waals surface area contributed by atoms with Crippen molar-refractivity contribution in [3.8, 4) is 0 Å². The maximum atomic E-state index is 12.3. The Kier molecular flexibility index (Phi) is 5.32. The van der Waals surface area contributed by atoms with Crippen LogP contribution in [0.4, 0.5) is 0 Å². The van der Waals surface area contributed by atoms with E-state index in [1.807, 2.05) is 26.0 Å². The second-order valence-corrected chi connectivity index (χ2v) is 5.83. The molecule has 0 atom stereocenters. The van der Waals surface area contributed by atoms with Gasteiger partial charge in [0.05, 0.1) is 6.10 Å².